The van der Waals surface area contributed by atoms with Gasteiger partial charge in [0.2, 0.25) is 0 Å². The Balaban J connectivity index is 2.09. The van der Waals surface area contributed by atoms with E-state index in [1.165, 1.54) is 6.42 Å². The second kappa shape index (κ2) is 5.19. The summed E-state index contributed by atoms with van der Waals surface area (Å²) in [6.45, 7) is 7.10. The molecule has 0 saturated carbocycles. The zero-order valence-electron chi connectivity index (χ0n) is 11.7. The number of halogens is 1. The number of likely N-dealkylation sites (tertiary alicyclic amines) is 1. The number of ether oxygens (including phenoxy) is 1. The van der Waals surface area contributed by atoms with Gasteiger partial charge in [-0.3, -0.25) is 9.58 Å². The molecule has 1 aliphatic heterocycles. The second-order valence-electron chi connectivity index (χ2n) is 5.45. The van der Waals surface area contributed by atoms with Crippen LogP contribution in [0.5, 0.6) is 0 Å². The number of hydrogen-bond acceptors (Lipinski definition) is 3. The summed E-state index contributed by atoms with van der Waals surface area (Å²) >= 11 is 6.28. The lowest BCUT2D eigenvalue weighted by Gasteiger charge is -2.39. The molecule has 0 N–H and O–H groups in total. The fourth-order valence-corrected chi connectivity index (χ4v) is 2.92. The van der Waals surface area contributed by atoms with Gasteiger partial charge in [-0.05, 0) is 33.2 Å². The highest BCUT2D eigenvalue weighted by Gasteiger charge is 2.31. The summed E-state index contributed by atoms with van der Waals surface area (Å²) in [6, 6.07) is 0. The molecule has 1 fully saturated rings. The van der Waals surface area contributed by atoms with E-state index >= 15 is 0 Å². The van der Waals surface area contributed by atoms with Crippen LogP contribution in [0.25, 0.3) is 0 Å². The maximum atomic E-state index is 6.28. The summed E-state index contributed by atoms with van der Waals surface area (Å²) in [7, 11) is 3.68. The van der Waals surface area contributed by atoms with Crippen molar-refractivity contribution in [3.63, 3.8) is 0 Å². The van der Waals surface area contributed by atoms with Gasteiger partial charge in [-0.1, -0.05) is 11.6 Å². The summed E-state index contributed by atoms with van der Waals surface area (Å²) in [5, 5.41) is 5.11. The van der Waals surface area contributed by atoms with Crippen molar-refractivity contribution in [2.24, 2.45) is 7.05 Å². The summed E-state index contributed by atoms with van der Waals surface area (Å²) in [5.74, 6) is 0. The minimum atomic E-state index is -0.0269. The first kappa shape index (κ1) is 13.8. The Kier molecular flexibility index (Phi) is 3.99. The van der Waals surface area contributed by atoms with Gasteiger partial charge in [0.15, 0.2) is 0 Å². The Morgan fingerprint density at radius 2 is 2.22 bits per heavy atom. The predicted octanol–water partition coefficient (Wildman–Crippen LogP) is 2.38. The molecule has 1 atom stereocenters. The molecule has 0 amide bonds. The van der Waals surface area contributed by atoms with Crippen LogP contribution in [-0.2, 0) is 18.3 Å². The molecule has 1 aromatic rings. The number of hydrogen-bond donors (Lipinski definition) is 0. The fraction of sp³-hybridized carbons (Fsp3) is 0.769. The monoisotopic (exact) mass is 271 g/mol. The van der Waals surface area contributed by atoms with Gasteiger partial charge in [-0.2, -0.15) is 5.10 Å². The molecule has 1 aliphatic rings. The molecule has 0 spiro atoms. The Labute approximate surface area is 114 Å². The predicted molar refractivity (Wildman–Crippen MR) is 72.9 cm³/mol. The van der Waals surface area contributed by atoms with Crippen LogP contribution in [0.15, 0.2) is 0 Å². The van der Waals surface area contributed by atoms with E-state index in [2.05, 4.69) is 16.9 Å². The fourth-order valence-electron chi connectivity index (χ4n) is 2.69. The highest BCUT2D eigenvalue weighted by atomic mass is 35.5. The van der Waals surface area contributed by atoms with Crippen molar-refractivity contribution in [2.45, 2.75) is 38.8 Å². The Bertz CT molecular complexity index is 432. The van der Waals surface area contributed by atoms with Gasteiger partial charge in [0, 0.05) is 32.8 Å². The number of rotatable bonds is 3. The summed E-state index contributed by atoms with van der Waals surface area (Å²) in [5.41, 5.74) is 2.13. The first-order valence-corrected chi connectivity index (χ1v) is 6.78. The van der Waals surface area contributed by atoms with Crippen molar-refractivity contribution < 1.29 is 4.74 Å². The van der Waals surface area contributed by atoms with Crippen molar-refractivity contribution in [2.75, 3.05) is 20.2 Å². The molecule has 2 heterocycles. The third-order valence-electron chi connectivity index (χ3n) is 3.88. The highest BCUT2D eigenvalue weighted by molar-refractivity contribution is 6.30. The maximum absolute atomic E-state index is 6.28. The number of aryl methyl sites for hydroxylation is 2. The topological polar surface area (TPSA) is 30.3 Å². The van der Waals surface area contributed by atoms with Gasteiger partial charge in [-0.15, -0.1) is 0 Å². The zero-order chi connectivity index (χ0) is 13.3. The molecule has 102 valence electrons. The van der Waals surface area contributed by atoms with E-state index in [1.54, 1.807) is 11.8 Å². The largest absolute Gasteiger partial charge is 0.377 e. The van der Waals surface area contributed by atoms with Crippen LogP contribution in [0, 0.1) is 6.92 Å². The zero-order valence-corrected chi connectivity index (χ0v) is 12.4. The van der Waals surface area contributed by atoms with Crippen LogP contribution >= 0.6 is 11.6 Å². The van der Waals surface area contributed by atoms with Gasteiger partial charge in [0.1, 0.15) is 5.15 Å². The average molecular weight is 272 g/mol. The van der Waals surface area contributed by atoms with Gasteiger partial charge >= 0.3 is 0 Å². The van der Waals surface area contributed by atoms with Crippen LogP contribution in [0.4, 0.5) is 0 Å². The second-order valence-corrected chi connectivity index (χ2v) is 5.80. The number of nitrogens with zero attached hydrogens (tertiary/aromatic N) is 3. The van der Waals surface area contributed by atoms with E-state index in [9.17, 15) is 0 Å². The molecule has 1 saturated heterocycles. The molecule has 2 rings (SSSR count). The highest BCUT2D eigenvalue weighted by Crippen LogP contribution is 2.27. The van der Waals surface area contributed by atoms with Crippen molar-refractivity contribution in [1.29, 1.82) is 0 Å². The smallest absolute Gasteiger partial charge is 0.131 e. The quantitative estimate of drug-likeness (QED) is 0.846. The first-order chi connectivity index (χ1) is 8.45. The first-order valence-electron chi connectivity index (χ1n) is 6.41. The van der Waals surface area contributed by atoms with Crippen LogP contribution < -0.4 is 0 Å². The van der Waals surface area contributed by atoms with Crippen LogP contribution in [0.2, 0.25) is 5.15 Å². The molecule has 5 heteroatoms. The van der Waals surface area contributed by atoms with Gasteiger partial charge in [-0.25, -0.2) is 0 Å². The van der Waals surface area contributed by atoms with E-state index in [1.807, 2.05) is 14.0 Å². The van der Waals surface area contributed by atoms with E-state index in [0.717, 1.165) is 42.5 Å². The van der Waals surface area contributed by atoms with Gasteiger partial charge < -0.3 is 4.74 Å². The van der Waals surface area contributed by atoms with Crippen molar-refractivity contribution >= 4 is 11.6 Å². The SMILES string of the molecule is COC1(C)CCCN(Cc2c(C)nn(C)c2Cl)C1. The molecule has 4 nitrogen and oxygen atoms in total. The molecular formula is C13H22ClN3O. The van der Waals surface area contributed by atoms with E-state index in [-0.39, 0.29) is 5.60 Å². The summed E-state index contributed by atoms with van der Waals surface area (Å²) in [4.78, 5) is 2.41. The molecule has 0 bridgehead atoms. The van der Waals surface area contributed by atoms with Crippen molar-refractivity contribution in [3.8, 4) is 0 Å². The van der Waals surface area contributed by atoms with Crippen LogP contribution in [-0.4, -0.2) is 40.5 Å². The van der Waals surface area contributed by atoms with Crippen molar-refractivity contribution in [3.05, 3.63) is 16.4 Å². The molecule has 0 aliphatic carbocycles. The van der Waals surface area contributed by atoms with Gasteiger partial charge in [0.25, 0.3) is 0 Å². The Morgan fingerprint density at radius 3 is 2.78 bits per heavy atom. The molecular weight excluding hydrogens is 250 g/mol. The lowest BCUT2D eigenvalue weighted by Crippen LogP contribution is -2.46. The molecule has 0 radical (unpaired) electrons. The van der Waals surface area contributed by atoms with Crippen molar-refractivity contribution in [1.82, 2.24) is 14.7 Å². The normalized spacial score (nSPS) is 25.6. The number of aromatic nitrogens is 2. The maximum Gasteiger partial charge on any atom is 0.131 e. The van der Waals surface area contributed by atoms with E-state index in [0.29, 0.717) is 0 Å². The number of methoxy groups -OCH3 is 1. The molecule has 1 unspecified atom stereocenters. The standard InChI is InChI=1S/C13H22ClN3O/c1-10-11(12(14)16(3)15-10)8-17-7-5-6-13(2,9-17)18-4/h5-9H2,1-4H3. The minimum absolute atomic E-state index is 0.0269. The lowest BCUT2D eigenvalue weighted by atomic mass is 9.94. The molecule has 18 heavy (non-hydrogen) atoms. The third-order valence-corrected chi connectivity index (χ3v) is 4.36. The molecule has 1 aromatic heterocycles. The van der Waals surface area contributed by atoms with Gasteiger partial charge in [0.05, 0.1) is 11.3 Å². The molecule has 0 aromatic carbocycles. The van der Waals surface area contributed by atoms with Crippen LogP contribution in [0.3, 0.4) is 0 Å². The Morgan fingerprint density at radius 1 is 1.50 bits per heavy atom. The summed E-state index contributed by atoms with van der Waals surface area (Å²) in [6.07, 6.45) is 2.29. The minimum Gasteiger partial charge on any atom is -0.377 e. The summed E-state index contributed by atoms with van der Waals surface area (Å²) < 4.78 is 7.36. The average Bonchev–Trinajstić information content (AvgIpc) is 2.56. The lowest BCUT2D eigenvalue weighted by molar-refractivity contribution is -0.0527. The van der Waals surface area contributed by atoms with Crippen LogP contribution in [0.1, 0.15) is 31.0 Å². The number of piperidine rings is 1. The van der Waals surface area contributed by atoms with E-state index in [4.69, 9.17) is 16.3 Å². The Hall–Kier alpha value is -0.580. The third kappa shape index (κ3) is 2.71. The van der Waals surface area contributed by atoms with E-state index < -0.39 is 0 Å².